The Bertz CT molecular complexity index is 888. The van der Waals surface area contributed by atoms with Crippen LogP contribution in [0.2, 0.25) is 5.02 Å². The highest BCUT2D eigenvalue weighted by molar-refractivity contribution is 6.31. The molecule has 1 aromatic heterocycles. The SMILES string of the molecule is CCOC(=O)N1CCN(C(=O)Cn2ccc(=O)c3cc(Cl)ccc32)CC1. The van der Waals surface area contributed by atoms with Gasteiger partial charge in [-0.3, -0.25) is 9.59 Å². The minimum absolute atomic E-state index is 0.0617. The van der Waals surface area contributed by atoms with E-state index in [1.165, 1.54) is 6.07 Å². The van der Waals surface area contributed by atoms with E-state index in [1.807, 2.05) is 0 Å². The van der Waals surface area contributed by atoms with Crippen LogP contribution in [-0.2, 0) is 16.1 Å². The molecule has 2 amide bonds. The highest BCUT2D eigenvalue weighted by Gasteiger charge is 2.25. The first-order valence-electron chi connectivity index (χ1n) is 8.48. The number of carbonyl (C=O) groups is 2. The molecule has 0 bridgehead atoms. The molecule has 0 radical (unpaired) electrons. The van der Waals surface area contributed by atoms with Crippen LogP contribution in [0.15, 0.2) is 35.3 Å². The van der Waals surface area contributed by atoms with Gasteiger partial charge in [0.25, 0.3) is 0 Å². The lowest BCUT2D eigenvalue weighted by molar-refractivity contribution is -0.133. The predicted octanol–water partition coefficient (Wildman–Crippen LogP) is 1.96. The molecule has 1 saturated heterocycles. The number of pyridine rings is 1. The van der Waals surface area contributed by atoms with E-state index in [-0.39, 0.29) is 24.0 Å². The Labute approximate surface area is 155 Å². The van der Waals surface area contributed by atoms with Gasteiger partial charge in [-0.25, -0.2) is 4.79 Å². The van der Waals surface area contributed by atoms with Crippen molar-refractivity contribution >= 4 is 34.5 Å². The second kappa shape index (κ2) is 7.78. The van der Waals surface area contributed by atoms with Crippen molar-refractivity contribution in [2.45, 2.75) is 13.5 Å². The number of aromatic nitrogens is 1. The van der Waals surface area contributed by atoms with Crippen molar-refractivity contribution in [1.29, 1.82) is 0 Å². The first-order chi connectivity index (χ1) is 12.5. The number of fused-ring (bicyclic) bond motifs is 1. The zero-order chi connectivity index (χ0) is 18.7. The smallest absolute Gasteiger partial charge is 0.409 e. The van der Waals surface area contributed by atoms with Gasteiger partial charge in [0, 0.05) is 48.9 Å². The van der Waals surface area contributed by atoms with Crippen molar-refractivity contribution in [2.24, 2.45) is 0 Å². The minimum Gasteiger partial charge on any atom is -0.450 e. The lowest BCUT2D eigenvalue weighted by Gasteiger charge is -2.34. The molecule has 8 heteroatoms. The quantitative estimate of drug-likeness (QED) is 0.819. The topological polar surface area (TPSA) is 71.8 Å². The largest absolute Gasteiger partial charge is 0.450 e. The number of rotatable bonds is 3. The molecule has 1 aliphatic heterocycles. The van der Waals surface area contributed by atoms with Gasteiger partial charge < -0.3 is 19.1 Å². The number of piperazine rings is 1. The normalized spacial score (nSPS) is 14.5. The van der Waals surface area contributed by atoms with E-state index in [9.17, 15) is 14.4 Å². The van der Waals surface area contributed by atoms with Crippen LogP contribution in [0.4, 0.5) is 4.79 Å². The van der Waals surface area contributed by atoms with Crippen molar-refractivity contribution < 1.29 is 14.3 Å². The Morgan fingerprint density at radius 3 is 2.50 bits per heavy atom. The average Bonchev–Trinajstić information content (AvgIpc) is 2.64. The first kappa shape index (κ1) is 18.3. The number of ether oxygens (including phenoxy) is 1. The Morgan fingerprint density at radius 1 is 1.12 bits per heavy atom. The summed E-state index contributed by atoms with van der Waals surface area (Å²) in [5, 5.41) is 0.966. The molecule has 0 spiro atoms. The molecule has 1 fully saturated rings. The molecular formula is C18H20ClN3O4. The molecule has 26 heavy (non-hydrogen) atoms. The minimum atomic E-state index is -0.345. The fourth-order valence-electron chi connectivity index (χ4n) is 3.02. The van der Waals surface area contributed by atoms with Crippen LogP contribution in [0.5, 0.6) is 0 Å². The fourth-order valence-corrected chi connectivity index (χ4v) is 3.19. The Kier molecular flexibility index (Phi) is 5.46. The van der Waals surface area contributed by atoms with Gasteiger partial charge >= 0.3 is 6.09 Å². The Balaban J connectivity index is 1.70. The van der Waals surface area contributed by atoms with Crippen LogP contribution < -0.4 is 5.43 Å². The lowest BCUT2D eigenvalue weighted by Crippen LogP contribution is -2.51. The van der Waals surface area contributed by atoms with Crippen molar-refractivity contribution in [3.8, 4) is 0 Å². The van der Waals surface area contributed by atoms with Crippen molar-refractivity contribution in [2.75, 3.05) is 32.8 Å². The van der Waals surface area contributed by atoms with Crippen LogP contribution in [-0.4, -0.2) is 59.2 Å². The number of hydrogen-bond acceptors (Lipinski definition) is 4. The molecule has 0 atom stereocenters. The maximum absolute atomic E-state index is 12.6. The summed E-state index contributed by atoms with van der Waals surface area (Å²) >= 11 is 5.97. The third kappa shape index (κ3) is 3.83. The molecule has 0 saturated carbocycles. The van der Waals surface area contributed by atoms with E-state index in [4.69, 9.17) is 16.3 Å². The maximum atomic E-state index is 12.6. The van der Waals surface area contributed by atoms with E-state index < -0.39 is 0 Å². The van der Waals surface area contributed by atoms with Gasteiger partial charge in [-0.1, -0.05) is 11.6 Å². The number of benzene rings is 1. The molecular weight excluding hydrogens is 358 g/mol. The summed E-state index contributed by atoms with van der Waals surface area (Å²) in [6, 6.07) is 6.48. The number of nitrogens with zero attached hydrogens (tertiary/aromatic N) is 3. The number of hydrogen-bond donors (Lipinski definition) is 0. The second-order valence-electron chi connectivity index (χ2n) is 6.04. The van der Waals surface area contributed by atoms with Gasteiger partial charge in [-0.2, -0.15) is 0 Å². The lowest BCUT2D eigenvalue weighted by atomic mass is 10.2. The third-order valence-electron chi connectivity index (χ3n) is 4.40. The third-order valence-corrected chi connectivity index (χ3v) is 4.64. The van der Waals surface area contributed by atoms with Crippen LogP contribution in [0.1, 0.15) is 6.92 Å². The van der Waals surface area contributed by atoms with Gasteiger partial charge in [-0.15, -0.1) is 0 Å². The van der Waals surface area contributed by atoms with Gasteiger partial charge in [0.1, 0.15) is 6.54 Å². The highest BCUT2D eigenvalue weighted by atomic mass is 35.5. The van der Waals surface area contributed by atoms with Crippen molar-refractivity contribution in [3.63, 3.8) is 0 Å². The zero-order valence-corrected chi connectivity index (χ0v) is 15.2. The van der Waals surface area contributed by atoms with E-state index in [1.54, 1.807) is 45.7 Å². The highest BCUT2D eigenvalue weighted by Crippen LogP contribution is 2.17. The summed E-state index contributed by atoms with van der Waals surface area (Å²) in [5.41, 5.74) is 0.537. The molecule has 1 aliphatic rings. The molecule has 2 heterocycles. The Morgan fingerprint density at radius 2 is 1.81 bits per heavy atom. The number of amides is 2. The standard InChI is InChI=1S/C18H20ClN3O4/c1-2-26-18(25)21-9-7-20(8-10-21)17(24)12-22-6-5-16(23)14-11-13(19)3-4-15(14)22/h3-6,11H,2,7-10,12H2,1H3. The van der Waals surface area contributed by atoms with Crippen LogP contribution >= 0.6 is 11.6 Å². The summed E-state index contributed by atoms with van der Waals surface area (Å²) < 4.78 is 6.72. The molecule has 7 nitrogen and oxygen atoms in total. The fraction of sp³-hybridized carbons (Fsp3) is 0.389. The summed E-state index contributed by atoms with van der Waals surface area (Å²) in [6.07, 6.45) is 1.27. The van der Waals surface area contributed by atoms with Crippen LogP contribution in [0.3, 0.4) is 0 Å². The summed E-state index contributed by atoms with van der Waals surface area (Å²) in [6.45, 7) is 4.04. The van der Waals surface area contributed by atoms with Gasteiger partial charge in [0.2, 0.25) is 5.91 Å². The van der Waals surface area contributed by atoms with Gasteiger partial charge in [0.05, 0.1) is 12.1 Å². The monoisotopic (exact) mass is 377 g/mol. The van der Waals surface area contributed by atoms with Crippen molar-refractivity contribution in [1.82, 2.24) is 14.4 Å². The van der Waals surface area contributed by atoms with Gasteiger partial charge in [0.15, 0.2) is 5.43 Å². The van der Waals surface area contributed by atoms with E-state index in [2.05, 4.69) is 0 Å². The summed E-state index contributed by atoms with van der Waals surface area (Å²) in [4.78, 5) is 39.7. The molecule has 2 aromatic rings. The summed E-state index contributed by atoms with van der Waals surface area (Å²) in [7, 11) is 0. The molecule has 0 N–H and O–H groups in total. The first-order valence-corrected chi connectivity index (χ1v) is 8.85. The predicted molar refractivity (Wildman–Crippen MR) is 98.4 cm³/mol. The molecule has 0 aliphatic carbocycles. The van der Waals surface area contributed by atoms with Crippen LogP contribution in [0, 0.1) is 0 Å². The molecule has 138 valence electrons. The molecule has 1 aromatic carbocycles. The second-order valence-corrected chi connectivity index (χ2v) is 6.47. The van der Waals surface area contributed by atoms with E-state index in [0.29, 0.717) is 48.7 Å². The van der Waals surface area contributed by atoms with Gasteiger partial charge in [-0.05, 0) is 25.1 Å². The zero-order valence-electron chi connectivity index (χ0n) is 14.5. The maximum Gasteiger partial charge on any atom is 0.409 e. The number of halogens is 1. The van der Waals surface area contributed by atoms with E-state index in [0.717, 1.165) is 0 Å². The average molecular weight is 378 g/mol. The summed E-state index contributed by atoms with van der Waals surface area (Å²) in [5.74, 6) is -0.0617. The number of carbonyl (C=O) groups excluding carboxylic acids is 2. The van der Waals surface area contributed by atoms with E-state index >= 15 is 0 Å². The van der Waals surface area contributed by atoms with Crippen LogP contribution in [0.25, 0.3) is 10.9 Å². The molecule has 0 unspecified atom stereocenters. The van der Waals surface area contributed by atoms with Crippen molar-refractivity contribution in [3.05, 3.63) is 45.7 Å². The molecule has 3 rings (SSSR count). The Hall–Kier alpha value is -2.54.